The summed E-state index contributed by atoms with van der Waals surface area (Å²) in [6.45, 7) is 0. The average molecular weight is 594 g/mol. The van der Waals surface area contributed by atoms with Crippen LogP contribution in [0.3, 0.4) is 0 Å². The normalized spacial score (nSPS) is 16.2. The molecule has 0 aromatic heterocycles. The SMILES string of the molecule is COC(=O)C1=C(C(=O)OC)N(c2ccc(I)cc2S(N)(=O)=O)C(N)=C(C#N)C1c1ccccc1. The monoisotopic (exact) mass is 594 g/mol. The Morgan fingerprint density at radius 1 is 1.09 bits per heavy atom. The van der Waals surface area contributed by atoms with Gasteiger partial charge in [0.15, 0.2) is 0 Å². The quantitative estimate of drug-likeness (QED) is 0.388. The largest absolute Gasteiger partial charge is 0.466 e. The van der Waals surface area contributed by atoms with Crippen LogP contribution in [0, 0.1) is 14.9 Å². The van der Waals surface area contributed by atoms with E-state index in [1.807, 2.05) is 28.7 Å². The van der Waals surface area contributed by atoms with Crippen molar-refractivity contribution in [1.29, 1.82) is 5.26 Å². The minimum Gasteiger partial charge on any atom is -0.466 e. The first-order valence-electron chi connectivity index (χ1n) is 9.54. The molecule has 3 rings (SSSR count). The molecule has 0 radical (unpaired) electrons. The number of nitrogens with two attached hydrogens (primary N) is 2. The van der Waals surface area contributed by atoms with E-state index in [0.29, 0.717) is 9.13 Å². The second-order valence-corrected chi connectivity index (χ2v) is 9.77. The Morgan fingerprint density at radius 3 is 2.24 bits per heavy atom. The molecule has 1 atom stereocenters. The van der Waals surface area contributed by atoms with Gasteiger partial charge in [0.1, 0.15) is 16.4 Å². The van der Waals surface area contributed by atoms with Crippen molar-refractivity contribution >= 4 is 50.2 Å². The number of rotatable bonds is 5. The van der Waals surface area contributed by atoms with Crippen LogP contribution in [0.2, 0.25) is 0 Å². The molecular formula is C22H19IN4O6S. The van der Waals surface area contributed by atoms with E-state index in [9.17, 15) is 23.3 Å². The predicted molar refractivity (Wildman–Crippen MR) is 130 cm³/mol. The summed E-state index contributed by atoms with van der Waals surface area (Å²) >= 11 is 1.90. The molecule has 12 heteroatoms. The topological polar surface area (TPSA) is 166 Å². The van der Waals surface area contributed by atoms with Gasteiger partial charge in [-0.25, -0.2) is 23.1 Å². The molecule has 1 aliphatic rings. The van der Waals surface area contributed by atoms with Crippen molar-refractivity contribution in [2.24, 2.45) is 10.9 Å². The summed E-state index contributed by atoms with van der Waals surface area (Å²) in [4.78, 5) is 26.7. The smallest absolute Gasteiger partial charge is 0.355 e. The summed E-state index contributed by atoms with van der Waals surface area (Å²) in [5.41, 5.74) is 5.99. The lowest BCUT2D eigenvalue weighted by molar-refractivity contribution is -0.139. The molecule has 1 aliphatic heterocycles. The molecule has 0 amide bonds. The lowest BCUT2D eigenvalue weighted by Crippen LogP contribution is -2.41. The highest BCUT2D eigenvalue weighted by molar-refractivity contribution is 14.1. The first kappa shape index (κ1) is 25.2. The van der Waals surface area contributed by atoms with E-state index in [4.69, 9.17) is 20.3 Å². The molecule has 2 aromatic carbocycles. The van der Waals surface area contributed by atoms with E-state index >= 15 is 0 Å². The summed E-state index contributed by atoms with van der Waals surface area (Å²) in [7, 11) is -2.11. The van der Waals surface area contributed by atoms with Crippen LogP contribution in [-0.2, 0) is 29.1 Å². The summed E-state index contributed by atoms with van der Waals surface area (Å²) in [6.07, 6.45) is 0. The number of sulfonamides is 1. The summed E-state index contributed by atoms with van der Waals surface area (Å²) < 4.78 is 35.2. The maximum atomic E-state index is 13.1. The molecular weight excluding hydrogens is 575 g/mol. The number of hydrogen-bond donors (Lipinski definition) is 2. The molecule has 0 saturated carbocycles. The van der Waals surface area contributed by atoms with Crippen molar-refractivity contribution in [3.05, 3.63) is 80.3 Å². The van der Waals surface area contributed by atoms with Crippen LogP contribution in [0.5, 0.6) is 0 Å². The van der Waals surface area contributed by atoms with Crippen LogP contribution in [0.25, 0.3) is 0 Å². The van der Waals surface area contributed by atoms with Crippen molar-refractivity contribution in [3.63, 3.8) is 0 Å². The third-order valence-electron chi connectivity index (χ3n) is 5.08. The number of nitrogens with zero attached hydrogens (tertiary/aromatic N) is 2. The van der Waals surface area contributed by atoms with E-state index in [-0.39, 0.29) is 27.6 Å². The standard InChI is InChI=1S/C22H19IN4O6S/c1-32-21(28)18-17(12-6-4-3-5-7-12)14(11-24)20(25)27(19(18)22(29)33-2)15-9-8-13(23)10-16(15)34(26,30)31/h3-10,17H,25H2,1-2H3,(H2,26,30,31). The van der Waals surface area contributed by atoms with Crippen molar-refractivity contribution in [3.8, 4) is 6.07 Å². The molecule has 2 aromatic rings. The van der Waals surface area contributed by atoms with Gasteiger partial charge in [-0.05, 0) is 46.4 Å². The maximum Gasteiger partial charge on any atom is 0.355 e. The van der Waals surface area contributed by atoms with Crippen LogP contribution in [-0.4, -0.2) is 34.6 Å². The van der Waals surface area contributed by atoms with Gasteiger partial charge in [0, 0.05) is 3.57 Å². The predicted octanol–water partition coefficient (Wildman–Crippen LogP) is 1.84. The number of ether oxygens (including phenoxy) is 2. The Balaban J connectivity index is 2.51. The van der Waals surface area contributed by atoms with Gasteiger partial charge in [-0.3, -0.25) is 4.90 Å². The van der Waals surface area contributed by atoms with Crippen molar-refractivity contribution in [2.45, 2.75) is 10.8 Å². The Morgan fingerprint density at radius 2 is 1.71 bits per heavy atom. The van der Waals surface area contributed by atoms with Crippen LogP contribution >= 0.6 is 22.6 Å². The summed E-state index contributed by atoms with van der Waals surface area (Å²) in [5, 5.41) is 15.5. The zero-order valence-electron chi connectivity index (χ0n) is 18.0. The molecule has 4 N–H and O–H groups in total. The molecule has 0 aliphatic carbocycles. The maximum absolute atomic E-state index is 13.1. The summed E-state index contributed by atoms with van der Waals surface area (Å²) in [5.74, 6) is -3.27. The Kier molecular flexibility index (Phi) is 7.29. The van der Waals surface area contributed by atoms with Crippen LogP contribution in [0.1, 0.15) is 11.5 Å². The van der Waals surface area contributed by atoms with E-state index < -0.39 is 33.6 Å². The van der Waals surface area contributed by atoms with E-state index in [1.54, 1.807) is 36.4 Å². The van der Waals surface area contributed by atoms with E-state index in [0.717, 1.165) is 19.1 Å². The van der Waals surface area contributed by atoms with Gasteiger partial charge in [0.2, 0.25) is 10.0 Å². The fourth-order valence-corrected chi connectivity index (χ4v) is 5.11. The van der Waals surface area contributed by atoms with Crippen LogP contribution in [0.4, 0.5) is 5.69 Å². The first-order valence-corrected chi connectivity index (χ1v) is 12.2. The Hall–Kier alpha value is -3.41. The number of halogens is 1. The zero-order chi connectivity index (χ0) is 25.2. The molecule has 34 heavy (non-hydrogen) atoms. The first-order chi connectivity index (χ1) is 16.1. The highest BCUT2D eigenvalue weighted by Crippen LogP contribution is 2.44. The van der Waals surface area contributed by atoms with Gasteiger partial charge in [-0.2, -0.15) is 5.26 Å². The number of carbonyl (C=O) groups excluding carboxylic acids is 2. The fourth-order valence-electron chi connectivity index (χ4n) is 3.66. The fraction of sp³-hybridized carbons (Fsp3) is 0.136. The number of allylic oxidation sites excluding steroid dienone is 1. The van der Waals surface area contributed by atoms with Crippen molar-refractivity contribution in [1.82, 2.24) is 0 Å². The summed E-state index contributed by atoms with van der Waals surface area (Å²) in [6, 6.07) is 14.6. The van der Waals surface area contributed by atoms with Gasteiger partial charge in [0.05, 0.1) is 43.0 Å². The average Bonchev–Trinajstić information content (AvgIpc) is 2.82. The number of nitriles is 1. The van der Waals surface area contributed by atoms with Gasteiger partial charge < -0.3 is 15.2 Å². The Bertz CT molecular complexity index is 1380. The van der Waals surface area contributed by atoms with Gasteiger partial charge in [0.25, 0.3) is 0 Å². The molecule has 0 bridgehead atoms. The number of carbonyl (C=O) groups is 2. The molecule has 1 unspecified atom stereocenters. The number of anilines is 1. The second-order valence-electron chi connectivity index (χ2n) is 6.99. The second kappa shape index (κ2) is 9.84. The van der Waals surface area contributed by atoms with Crippen molar-refractivity contribution < 1.29 is 27.5 Å². The minimum atomic E-state index is -4.32. The Labute approximate surface area is 209 Å². The van der Waals surface area contributed by atoms with E-state index in [2.05, 4.69) is 0 Å². The van der Waals surface area contributed by atoms with Gasteiger partial charge in [-0.15, -0.1) is 0 Å². The van der Waals surface area contributed by atoms with Crippen molar-refractivity contribution in [2.75, 3.05) is 19.1 Å². The van der Waals surface area contributed by atoms with E-state index in [1.165, 1.54) is 12.1 Å². The van der Waals surface area contributed by atoms with Gasteiger partial charge in [-0.1, -0.05) is 30.3 Å². The zero-order valence-corrected chi connectivity index (χ0v) is 21.0. The molecule has 0 fully saturated rings. The third kappa shape index (κ3) is 4.49. The number of methoxy groups -OCH3 is 2. The number of esters is 2. The molecule has 0 spiro atoms. The number of benzene rings is 2. The lowest BCUT2D eigenvalue weighted by atomic mass is 9.81. The molecule has 176 valence electrons. The van der Waals surface area contributed by atoms with Crippen LogP contribution in [0.15, 0.2) is 76.1 Å². The lowest BCUT2D eigenvalue weighted by Gasteiger charge is -2.36. The molecule has 1 heterocycles. The van der Waals surface area contributed by atoms with Crippen LogP contribution < -0.4 is 15.8 Å². The number of hydrogen-bond acceptors (Lipinski definition) is 9. The molecule has 10 nitrogen and oxygen atoms in total. The highest BCUT2D eigenvalue weighted by atomic mass is 127. The third-order valence-corrected chi connectivity index (χ3v) is 6.69. The minimum absolute atomic E-state index is 0.0989. The molecule has 0 saturated heterocycles. The highest BCUT2D eigenvalue weighted by Gasteiger charge is 2.44. The number of primary sulfonamides is 1. The van der Waals surface area contributed by atoms with Gasteiger partial charge >= 0.3 is 11.9 Å².